The van der Waals surface area contributed by atoms with Gasteiger partial charge in [-0.3, -0.25) is 9.59 Å². The van der Waals surface area contributed by atoms with Gasteiger partial charge in [-0.1, -0.05) is 6.92 Å². The monoisotopic (exact) mass is 273 g/mol. The van der Waals surface area contributed by atoms with Gasteiger partial charge in [0.05, 0.1) is 13.2 Å². The second kappa shape index (κ2) is 7.57. The van der Waals surface area contributed by atoms with Crippen molar-refractivity contribution in [3.8, 4) is 0 Å². The fourth-order valence-corrected chi connectivity index (χ4v) is 1.68. The van der Waals surface area contributed by atoms with Crippen molar-refractivity contribution >= 4 is 17.9 Å². The Hall–Kier alpha value is -1.83. The minimum Gasteiger partial charge on any atom is -0.480 e. The number of carboxylic acid groups (broad SMARTS) is 1. The molecule has 1 heterocycles. The van der Waals surface area contributed by atoms with Crippen molar-refractivity contribution in [3.63, 3.8) is 0 Å². The lowest BCUT2D eigenvalue weighted by atomic mass is 10.2. The van der Waals surface area contributed by atoms with E-state index in [9.17, 15) is 14.4 Å². The van der Waals surface area contributed by atoms with Crippen LogP contribution in [0.1, 0.15) is 13.3 Å². The maximum Gasteiger partial charge on any atom is 0.323 e. The first-order chi connectivity index (χ1) is 9.06. The molecule has 0 radical (unpaired) electrons. The predicted octanol–water partition coefficient (Wildman–Crippen LogP) is -0.992. The second-order valence-electron chi connectivity index (χ2n) is 4.13. The van der Waals surface area contributed by atoms with E-state index in [4.69, 9.17) is 9.84 Å². The summed E-state index contributed by atoms with van der Waals surface area (Å²) in [7, 11) is 0. The topological polar surface area (TPSA) is 108 Å². The average Bonchev–Trinajstić information content (AvgIpc) is 2.42. The average molecular weight is 273 g/mol. The van der Waals surface area contributed by atoms with E-state index < -0.39 is 24.6 Å². The van der Waals surface area contributed by atoms with Crippen LogP contribution in [0.2, 0.25) is 0 Å². The van der Waals surface area contributed by atoms with E-state index in [1.54, 1.807) is 0 Å². The zero-order valence-electron chi connectivity index (χ0n) is 10.8. The summed E-state index contributed by atoms with van der Waals surface area (Å²) in [6.07, 6.45) is 0.796. The molecule has 3 amide bonds. The van der Waals surface area contributed by atoms with E-state index in [1.807, 2.05) is 6.92 Å². The second-order valence-corrected chi connectivity index (χ2v) is 4.13. The molecule has 0 bridgehead atoms. The van der Waals surface area contributed by atoms with Crippen LogP contribution in [-0.2, 0) is 14.3 Å². The fourth-order valence-electron chi connectivity index (χ4n) is 1.68. The molecule has 1 saturated heterocycles. The van der Waals surface area contributed by atoms with Gasteiger partial charge in [-0.05, 0) is 6.42 Å². The minimum absolute atomic E-state index is 0.121. The highest BCUT2D eigenvalue weighted by atomic mass is 16.5. The quantitative estimate of drug-likeness (QED) is 0.596. The zero-order chi connectivity index (χ0) is 14.3. The van der Waals surface area contributed by atoms with E-state index in [0.717, 1.165) is 6.42 Å². The lowest BCUT2D eigenvalue weighted by molar-refractivity contribution is -0.135. The van der Waals surface area contributed by atoms with Gasteiger partial charge < -0.3 is 25.4 Å². The number of amides is 3. The standard InChI is InChI=1S/C11H19N3O5/c1-2-3-12-10(17)8-7-19-5-4-14(8)11(18)13-6-9(15)16/h8H,2-7H2,1H3,(H,12,17)(H,13,18)(H,15,16). The number of hydrogen-bond donors (Lipinski definition) is 3. The molecule has 8 heteroatoms. The van der Waals surface area contributed by atoms with E-state index in [-0.39, 0.29) is 19.1 Å². The van der Waals surface area contributed by atoms with Crippen LogP contribution in [0.25, 0.3) is 0 Å². The molecule has 108 valence electrons. The Morgan fingerprint density at radius 1 is 1.37 bits per heavy atom. The smallest absolute Gasteiger partial charge is 0.323 e. The van der Waals surface area contributed by atoms with Gasteiger partial charge in [-0.15, -0.1) is 0 Å². The Labute approximate surface area is 111 Å². The SMILES string of the molecule is CCCNC(=O)C1COCCN1C(=O)NCC(=O)O. The molecule has 0 aromatic rings. The summed E-state index contributed by atoms with van der Waals surface area (Å²) in [5, 5.41) is 13.5. The number of hydrogen-bond acceptors (Lipinski definition) is 4. The molecule has 1 aliphatic heterocycles. The molecule has 0 aromatic heterocycles. The highest BCUT2D eigenvalue weighted by Gasteiger charge is 2.32. The molecular weight excluding hydrogens is 254 g/mol. The van der Waals surface area contributed by atoms with Gasteiger partial charge in [0.2, 0.25) is 5.91 Å². The molecule has 1 rings (SSSR count). The van der Waals surface area contributed by atoms with Crippen molar-refractivity contribution in [2.45, 2.75) is 19.4 Å². The summed E-state index contributed by atoms with van der Waals surface area (Å²) >= 11 is 0. The number of ether oxygens (including phenoxy) is 1. The number of carbonyl (C=O) groups excluding carboxylic acids is 2. The molecule has 0 saturated carbocycles. The molecule has 1 atom stereocenters. The third kappa shape index (κ3) is 4.74. The molecule has 8 nitrogen and oxygen atoms in total. The predicted molar refractivity (Wildman–Crippen MR) is 65.6 cm³/mol. The molecule has 19 heavy (non-hydrogen) atoms. The van der Waals surface area contributed by atoms with Gasteiger partial charge in [-0.2, -0.15) is 0 Å². The number of urea groups is 1. The first-order valence-electron chi connectivity index (χ1n) is 6.18. The zero-order valence-corrected chi connectivity index (χ0v) is 10.8. The normalized spacial score (nSPS) is 18.8. The highest BCUT2D eigenvalue weighted by molar-refractivity contribution is 5.88. The highest BCUT2D eigenvalue weighted by Crippen LogP contribution is 2.07. The Bertz CT molecular complexity index is 347. The van der Waals surface area contributed by atoms with Crippen LogP contribution in [0.5, 0.6) is 0 Å². The molecule has 3 N–H and O–H groups in total. The summed E-state index contributed by atoms with van der Waals surface area (Å²) in [5.74, 6) is -1.42. The lowest BCUT2D eigenvalue weighted by Gasteiger charge is -2.34. The molecule has 0 spiro atoms. The molecule has 1 fully saturated rings. The van der Waals surface area contributed by atoms with Gasteiger partial charge >= 0.3 is 12.0 Å². The Balaban J connectivity index is 2.58. The van der Waals surface area contributed by atoms with E-state index in [1.165, 1.54) is 4.90 Å². The maximum absolute atomic E-state index is 11.9. The number of carboxylic acids is 1. The van der Waals surface area contributed by atoms with Crippen molar-refractivity contribution in [2.24, 2.45) is 0 Å². The Morgan fingerprint density at radius 3 is 2.74 bits per heavy atom. The summed E-state index contributed by atoms with van der Waals surface area (Å²) in [6, 6.07) is -1.28. The van der Waals surface area contributed by atoms with E-state index in [0.29, 0.717) is 13.2 Å². The van der Waals surface area contributed by atoms with Crippen LogP contribution >= 0.6 is 0 Å². The molecule has 1 aliphatic rings. The van der Waals surface area contributed by atoms with Crippen LogP contribution < -0.4 is 10.6 Å². The third-order valence-corrected chi connectivity index (χ3v) is 2.63. The fraction of sp³-hybridized carbons (Fsp3) is 0.727. The van der Waals surface area contributed by atoms with Crippen LogP contribution in [-0.4, -0.2) is 66.8 Å². The number of nitrogens with one attached hydrogen (secondary N) is 2. The minimum atomic E-state index is -1.13. The first-order valence-corrected chi connectivity index (χ1v) is 6.18. The summed E-state index contributed by atoms with van der Waals surface area (Å²) in [4.78, 5) is 35.4. The van der Waals surface area contributed by atoms with Gasteiger partial charge in [0.1, 0.15) is 12.6 Å². The number of rotatable bonds is 5. The van der Waals surface area contributed by atoms with Crippen LogP contribution in [0.15, 0.2) is 0 Å². The summed E-state index contributed by atoms with van der Waals surface area (Å²) < 4.78 is 5.19. The van der Waals surface area contributed by atoms with Crippen molar-refractivity contribution in [1.82, 2.24) is 15.5 Å². The van der Waals surface area contributed by atoms with Gasteiger partial charge in [0, 0.05) is 13.1 Å². The van der Waals surface area contributed by atoms with E-state index >= 15 is 0 Å². The van der Waals surface area contributed by atoms with Crippen molar-refractivity contribution in [2.75, 3.05) is 32.8 Å². The molecular formula is C11H19N3O5. The van der Waals surface area contributed by atoms with Crippen molar-refractivity contribution in [3.05, 3.63) is 0 Å². The van der Waals surface area contributed by atoms with Gasteiger partial charge in [-0.25, -0.2) is 4.79 Å². The van der Waals surface area contributed by atoms with Gasteiger partial charge in [0.25, 0.3) is 0 Å². The van der Waals surface area contributed by atoms with Crippen molar-refractivity contribution in [1.29, 1.82) is 0 Å². The van der Waals surface area contributed by atoms with Crippen LogP contribution in [0.4, 0.5) is 4.79 Å². The third-order valence-electron chi connectivity index (χ3n) is 2.63. The van der Waals surface area contributed by atoms with E-state index in [2.05, 4.69) is 10.6 Å². The van der Waals surface area contributed by atoms with Crippen molar-refractivity contribution < 1.29 is 24.2 Å². The van der Waals surface area contributed by atoms with Gasteiger partial charge in [0.15, 0.2) is 0 Å². The lowest BCUT2D eigenvalue weighted by Crippen LogP contribution is -2.58. The Kier molecular flexibility index (Phi) is 6.07. The first kappa shape index (κ1) is 15.2. The molecule has 1 unspecified atom stereocenters. The van der Waals surface area contributed by atoms with Crippen LogP contribution in [0, 0.1) is 0 Å². The Morgan fingerprint density at radius 2 is 2.11 bits per heavy atom. The number of aliphatic carboxylic acids is 1. The number of morpholine rings is 1. The molecule has 0 aliphatic carbocycles. The largest absolute Gasteiger partial charge is 0.480 e. The maximum atomic E-state index is 11.9. The summed E-state index contributed by atoms with van der Waals surface area (Å²) in [5.41, 5.74) is 0. The molecule has 0 aromatic carbocycles. The van der Waals surface area contributed by atoms with Crippen LogP contribution in [0.3, 0.4) is 0 Å². The number of carbonyl (C=O) groups is 3. The number of nitrogens with zero attached hydrogens (tertiary/aromatic N) is 1. The summed E-state index contributed by atoms with van der Waals surface area (Å²) in [6.45, 7) is 2.69.